The Morgan fingerprint density at radius 2 is 1.56 bits per heavy atom. The van der Waals surface area contributed by atoms with Crippen molar-refractivity contribution in [2.24, 2.45) is 11.8 Å². The zero-order chi connectivity index (χ0) is 23.7. The molecule has 0 N–H and O–H groups in total. The lowest BCUT2D eigenvalue weighted by Gasteiger charge is -2.35. The molecule has 0 bridgehead atoms. The molecule has 0 aromatic heterocycles. The second kappa shape index (κ2) is 11.9. The molecule has 3 nitrogen and oxygen atoms in total. The zero-order valence-corrected chi connectivity index (χ0v) is 19.4. The summed E-state index contributed by atoms with van der Waals surface area (Å²) in [6.07, 6.45) is -2.08. The van der Waals surface area contributed by atoms with E-state index < -0.39 is 11.7 Å². The van der Waals surface area contributed by atoms with Gasteiger partial charge in [-0.1, -0.05) is 63.2 Å². The van der Waals surface area contributed by atoms with Gasteiger partial charge in [-0.05, 0) is 49.3 Å². The van der Waals surface area contributed by atoms with Crippen LogP contribution in [0.3, 0.4) is 0 Å². The second-order valence-electron chi connectivity index (χ2n) is 8.48. The van der Waals surface area contributed by atoms with Gasteiger partial charge in [0.05, 0.1) is 18.1 Å². The largest absolute Gasteiger partial charge is 0.466 e. The predicted octanol–water partition coefficient (Wildman–Crippen LogP) is 6.93. The smallest absolute Gasteiger partial charge is 0.416 e. The molecule has 0 spiro atoms. The lowest BCUT2D eigenvalue weighted by atomic mass is 9.85. The number of anilines is 1. The van der Waals surface area contributed by atoms with Crippen LogP contribution in [0.25, 0.3) is 0 Å². The van der Waals surface area contributed by atoms with E-state index in [9.17, 15) is 18.0 Å². The number of esters is 1. The lowest BCUT2D eigenvalue weighted by molar-refractivity contribution is -0.149. The first-order chi connectivity index (χ1) is 15.1. The van der Waals surface area contributed by atoms with Crippen LogP contribution >= 0.6 is 0 Å². The summed E-state index contributed by atoms with van der Waals surface area (Å²) in [5.74, 6) is 1.00. The van der Waals surface area contributed by atoms with Crippen molar-refractivity contribution in [2.75, 3.05) is 24.6 Å². The molecule has 1 fully saturated rings. The molecule has 2 aromatic rings. The summed E-state index contributed by atoms with van der Waals surface area (Å²) in [6, 6.07) is 15.3. The fourth-order valence-electron chi connectivity index (χ4n) is 3.82. The molecule has 1 atom stereocenters. The van der Waals surface area contributed by atoms with E-state index in [2.05, 4.69) is 43.0 Å². The number of ether oxygens (including phenoxy) is 1. The summed E-state index contributed by atoms with van der Waals surface area (Å²) in [5, 5.41) is 0. The first kappa shape index (κ1) is 25.8. The van der Waals surface area contributed by atoms with Crippen LogP contribution in [0.15, 0.2) is 54.6 Å². The molecule has 0 amide bonds. The number of hydrogen-bond acceptors (Lipinski definition) is 3. The second-order valence-corrected chi connectivity index (χ2v) is 8.48. The van der Waals surface area contributed by atoms with Gasteiger partial charge >= 0.3 is 12.1 Å². The number of alkyl halides is 3. The molecular weight excluding hydrogens is 415 g/mol. The van der Waals surface area contributed by atoms with Crippen molar-refractivity contribution in [3.63, 3.8) is 0 Å². The summed E-state index contributed by atoms with van der Waals surface area (Å²) >= 11 is 0. The van der Waals surface area contributed by atoms with E-state index in [1.54, 1.807) is 6.07 Å². The van der Waals surface area contributed by atoms with Crippen molar-refractivity contribution in [1.82, 2.24) is 0 Å². The zero-order valence-electron chi connectivity index (χ0n) is 19.4. The van der Waals surface area contributed by atoms with Crippen LogP contribution in [-0.2, 0) is 15.7 Å². The number of halogens is 3. The van der Waals surface area contributed by atoms with Gasteiger partial charge in [0.1, 0.15) is 0 Å². The van der Waals surface area contributed by atoms with E-state index in [0.717, 1.165) is 38.1 Å². The van der Waals surface area contributed by atoms with E-state index in [-0.39, 0.29) is 11.9 Å². The quantitative estimate of drug-likeness (QED) is 0.464. The van der Waals surface area contributed by atoms with E-state index >= 15 is 0 Å². The highest BCUT2D eigenvalue weighted by Gasteiger charge is 2.30. The molecule has 3 rings (SSSR count). The lowest BCUT2D eigenvalue weighted by Crippen LogP contribution is -2.37. The normalized spacial score (nSPS) is 15.7. The number of carbonyl (C=O) groups is 1. The molecule has 2 aromatic carbocycles. The van der Waals surface area contributed by atoms with Gasteiger partial charge in [-0.25, -0.2) is 0 Å². The SMILES string of the molecule is CCOC(=O)C(C)C1CCN(c2ccc(C(C)C)cc2)CC1.FC(F)(F)c1ccccc1. The van der Waals surface area contributed by atoms with Gasteiger partial charge in [-0.3, -0.25) is 4.79 Å². The molecule has 0 saturated carbocycles. The molecule has 176 valence electrons. The van der Waals surface area contributed by atoms with Crippen LogP contribution in [0.5, 0.6) is 0 Å². The van der Waals surface area contributed by atoms with Gasteiger partial charge < -0.3 is 9.64 Å². The number of piperidine rings is 1. The highest BCUT2D eigenvalue weighted by Crippen LogP contribution is 2.30. The number of hydrogen-bond donors (Lipinski definition) is 0. The molecule has 1 aliphatic heterocycles. The highest BCUT2D eigenvalue weighted by atomic mass is 19.4. The van der Waals surface area contributed by atoms with Gasteiger partial charge in [-0.15, -0.1) is 0 Å². The topological polar surface area (TPSA) is 29.5 Å². The van der Waals surface area contributed by atoms with Crippen LogP contribution in [0.4, 0.5) is 18.9 Å². The molecule has 1 saturated heterocycles. The average molecular weight is 450 g/mol. The van der Waals surface area contributed by atoms with Crippen molar-refractivity contribution in [3.8, 4) is 0 Å². The molecule has 32 heavy (non-hydrogen) atoms. The van der Waals surface area contributed by atoms with Gasteiger partial charge in [0.15, 0.2) is 0 Å². The third-order valence-corrected chi connectivity index (χ3v) is 5.93. The molecule has 1 heterocycles. The van der Waals surface area contributed by atoms with Crippen LogP contribution in [-0.4, -0.2) is 25.7 Å². The van der Waals surface area contributed by atoms with Crippen molar-refractivity contribution in [3.05, 3.63) is 65.7 Å². The standard InChI is InChI=1S/C19H29NO2.C7H5F3/c1-5-22-19(21)15(4)17-10-12-20(13-11-17)18-8-6-16(7-9-18)14(2)3;8-7(9,10)6-4-2-1-3-5-6/h6-9,14-15,17H,5,10-13H2,1-4H3;1-5H. The number of nitrogens with zero attached hydrogens (tertiary/aromatic N) is 1. The minimum Gasteiger partial charge on any atom is -0.466 e. The van der Waals surface area contributed by atoms with Crippen LogP contribution in [0, 0.1) is 11.8 Å². The third-order valence-electron chi connectivity index (χ3n) is 5.93. The van der Waals surface area contributed by atoms with Gasteiger partial charge in [0.2, 0.25) is 0 Å². The molecule has 1 unspecified atom stereocenters. The maximum Gasteiger partial charge on any atom is 0.416 e. The summed E-state index contributed by atoms with van der Waals surface area (Å²) < 4.78 is 40.5. The molecule has 1 aliphatic rings. The molecule has 0 aliphatic carbocycles. The van der Waals surface area contributed by atoms with Crippen molar-refractivity contribution < 1.29 is 22.7 Å². The summed E-state index contributed by atoms with van der Waals surface area (Å²) in [5.41, 5.74) is 2.08. The van der Waals surface area contributed by atoms with Gasteiger partial charge in [0, 0.05) is 18.8 Å². The first-order valence-corrected chi connectivity index (χ1v) is 11.3. The van der Waals surface area contributed by atoms with Crippen LogP contribution in [0.1, 0.15) is 57.6 Å². The Labute approximate surface area is 189 Å². The fourth-order valence-corrected chi connectivity index (χ4v) is 3.82. The predicted molar refractivity (Wildman–Crippen MR) is 123 cm³/mol. The molecule has 6 heteroatoms. The maximum absolute atomic E-state index is 11.9. The van der Waals surface area contributed by atoms with E-state index in [4.69, 9.17) is 4.74 Å². The Kier molecular flexibility index (Phi) is 9.60. The van der Waals surface area contributed by atoms with E-state index in [1.165, 1.54) is 23.4 Å². The Bertz CT molecular complexity index is 811. The summed E-state index contributed by atoms with van der Waals surface area (Å²) in [7, 11) is 0. The van der Waals surface area contributed by atoms with E-state index in [1.807, 2.05) is 13.8 Å². The third kappa shape index (κ3) is 7.57. The summed E-state index contributed by atoms with van der Waals surface area (Å²) in [6.45, 7) is 10.8. The maximum atomic E-state index is 11.9. The van der Waals surface area contributed by atoms with Crippen molar-refractivity contribution in [2.45, 2.75) is 52.6 Å². The van der Waals surface area contributed by atoms with Gasteiger partial charge in [0.25, 0.3) is 0 Å². The average Bonchev–Trinajstić information content (AvgIpc) is 2.79. The highest BCUT2D eigenvalue weighted by molar-refractivity contribution is 5.72. The Morgan fingerprint density at radius 3 is 2.00 bits per heavy atom. The van der Waals surface area contributed by atoms with Crippen molar-refractivity contribution >= 4 is 11.7 Å². The fraction of sp³-hybridized carbons (Fsp3) is 0.500. The minimum atomic E-state index is -4.21. The molecular formula is C26H34F3NO2. The van der Waals surface area contributed by atoms with Crippen LogP contribution in [0.2, 0.25) is 0 Å². The van der Waals surface area contributed by atoms with Crippen LogP contribution < -0.4 is 4.90 Å². The first-order valence-electron chi connectivity index (χ1n) is 11.3. The number of carbonyl (C=O) groups excluding carboxylic acids is 1. The monoisotopic (exact) mass is 449 g/mol. The summed E-state index contributed by atoms with van der Waals surface area (Å²) in [4.78, 5) is 14.3. The Balaban J connectivity index is 0.000000303. The van der Waals surface area contributed by atoms with Crippen molar-refractivity contribution in [1.29, 1.82) is 0 Å². The van der Waals surface area contributed by atoms with Gasteiger partial charge in [-0.2, -0.15) is 13.2 Å². The molecule has 0 radical (unpaired) electrons. The Hall–Kier alpha value is -2.50. The van der Waals surface area contributed by atoms with E-state index in [0.29, 0.717) is 18.4 Å². The Morgan fingerprint density at radius 1 is 1.00 bits per heavy atom. The number of rotatable bonds is 5. The minimum absolute atomic E-state index is 0.0189. The number of benzene rings is 2.